The smallest absolute Gasteiger partial charge is 0.238 e. The van der Waals surface area contributed by atoms with E-state index in [2.05, 4.69) is 0 Å². The monoisotopic (exact) mass is 415 g/mol. The number of imide groups is 2. The normalized spacial score (nSPS) is 41.3. The predicted octanol–water partition coefficient (Wildman–Crippen LogP) is 1.89. The van der Waals surface area contributed by atoms with Crippen molar-refractivity contribution in [3.8, 4) is 0 Å². The highest BCUT2D eigenvalue weighted by molar-refractivity contribution is 6.25. The van der Waals surface area contributed by atoms with Crippen LogP contribution in [0.2, 0.25) is 0 Å². The molecule has 2 saturated heterocycles. The van der Waals surface area contributed by atoms with Crippen molar-refractivity contribution in [1.29, 1.82) is 0 Å². The van der Waals surface area contributed by atoms with E-state index in [1.54, 1.807) is 18.2 Å². The van der Waals surface area contributed by atoms with Gasteiger partial charge in [0.05, 0.1) is 35.0 Å². The van der Waals surface area contributed by atoms with Gasteiger partial charge in [0, 0.05) is 5.69 Å². The first-order valence-electron chi connectivity index (χ1n) is 11.0. The molecule has 0 radical (unpaired) electrons. The van der Waals surface area contributed by atoms with Gasteiger partial charge in [-0.05, 0) is 54.7 Å². The minimum Gasteiger partial charge on any atom is -0.399 e. The van der Waals surface area contributed by atoms with Crippen LogP contribution in [0.3, 0.4) is 0 Å². The van der Waals surface area contributed by atoms with Crippen LogP contribution in [-0.2, 0) is 19.2 Å². The number of amides is 4. The van der Waals surface area contributed by atoms with Crippen LogP contribution >= 0.6 is 0 Å². The molecule has 4 amide bonds. The standard InChI is InChI=1S/C24H21N3O4/c25-14-7-15(26-21(28)17-10-1-2-11(5-10)18(17)22(26)29)9-16(8-14)27-23(30)19-12-3-4-13(6-12)20(19)24(27)31/h1-4,7-13,17-20H,5-6,25H2. The van der Waals surface area contributed by atoms with E-state index >= 15 is 0 Å². The Morgan fingerprint density at radius 2 is 0.903 bits per heavy atom. The van der Waals surface area contributed by atoms with Crippen LogP contribution in [-0.4, -0.2) is 23.6 Å². The molecular formula is C24H21N3O4. The molecule has 7 nitrogen and oxygen atoms in total. The maximum absolute atomic E-state index is 13.2. The number of hydrogen-bond donors (Lipinski definition) is 1. The van der Waals surface area contributed by atoms with Gasteiger partial charge in [-0.1, -0.05) is 24.3 Å². The molecule has 8 atom stereocenters. The number of nitrogens with zero attached hydrogens (tertiary/aromatic N) is 2. The maximum Gasteiger partial charge on any atom is 0.238 e. The first-order chi connectivity index (χ1) is 14.9. The van der Waals surface area contributed by atoms with E-state index in [0.29, 0.717) is 17.1 Å². The molecule has 4 fully saturated rings. The Hall–Kier alpha value is -3.22. The average molecular weight is 415 g/mol. The van der Waals surface area contributed by atoms with E-state index in [1.165, 1.54) is 9.80 Å². The van der Waals surface area contributed by atoms with E-state index in [0.717, 1.165) is 12.8 Å². The second kappa shape index (κ2) is 5.52. The van der Waals surface area contributed by atoms with Gasteiger partial charge in [0.25, 0.3) is 0 Å². The van der Waals surface area contributed by atoms with E-state index < -0.39 is 0 Å². The summed E-state index contributed by atoms with van der Waals surface area (Å²) in [7, 11) is 0. The third kappa shape index (κ3) is 2.00. The van der Waals surface area contributed by atoms with Gasteiger partial charge >= 0.3 is 0 Å². The molecule has 1 aromatic rings. The minimum absolute atomic E-state index is 0.112. The van der Waals surface area contributed by atoms with Crippen LogP contribution in [0.15, 0.2) is 42.5 Å². The second-order valence-corrected chi connectivity index (χ2v) is 9.81. The lowest BCUT2D eigenvalue weighted by molar-refractivity contribution is -0.124. The molecule has 2 heterocycles. The number of anilines is 3. The van der Waals surface area contributed by atoms with Gasteiger partial charge in [-0.15, -0.1) is 0 Å². The zero-order valence-electron chi connectivity index (χ0n) is 16.7. The summed E-state index contributed by atoms with van der Waals surface area (Å²) in [6.07, 6.45) is 9.92. The van der Waals surface area contributed by atoms with Gasteiger partial charge < -0.3 is 5.73 Å². The maximum atomic E-state index is 13.2. The van der Waals surface area contributed by atoms with E-state index in [9.17, 15) is 19.2 Å². The number of fused-ring (bicyclic) bond motifs is 10. The fourth-order valence-corrected chi connectivity index (χ4v) is 7.19. The molecule has 31 heavy (non-hydrogen) atoms. The first-order valence-corrected chi connectivity index (χ1v) is 11.0. The zero-order valence-corrected chi connectivity index (χ0v) is 16.7. The van der Waals surface area contributed by atoms with Crippen molar-refractivity contribution in [2.24, 2.45) is 47.3 Å². The highest BCUT2D eigenvalue weighted by Crippen LogP contribution is 2.55. The summed E-state index contributed by atoms with van der Waals surface area (Å²) in [5.74, 6) is -1.64. The van der Waals surface area contributed by atoms with Crippen LogP contribution in [0.1, 0.15) is 12.8 Å². The fraction of sp³-hybridized carbons (Fsp3) is 0.417. The molecule has 8 unspecified atom stereocenters. The molecule has 7 heteroatoms. The van der Waals surface area contributed by atoms with E-state index in [1.807, 2.05) is 24.3 Å². The predicted molar refractivity (Wildman–Crippen MR) is 111 cm³/mol. The third-order valence-electron chi connectivity index (χ3n) is 8.38. The SMILES string of the molecule is Nc1cc(N2C(=O)C3C4C=CC(C4)C3C2=O)cc(N2C(=O)C3C4C=CC(C4)C3C2=O)c1. The van der Waals surface area contributed by atoms with Crippen molar-refractivity contribution in [3.63, 3.8) is 0 Å². The quantitative estimate of drug-likeness (QED) is 0.452. The number of carbonyl (C=O) groups excluding carboxylic acids is 4. The van der Waals surface area contributed by atoms with Crippen molar-refractivity contribution in [2.75, 3.05) is 15.5 Å². The Morgan fingerprint density at radius 3 is 1.23 bits per heavy atom. The van der Waals surface area contributed by atoms with Crippen molar-refractivity contribution in [2.45, 2.75) is 12.8 Å². The van der Waals surface area contributed by atoms with Crippen molar-refractivity contribution < 1.29 is 19.2 Å². The van der Waals surface area contributed by atoms with Crippen molar-refractivity contribution >= 4 is 40.7 Å². The Morgan fingerprint density at radius 1 is 0.581 bits per heavy atom. The summed E-state index contributed by atoms with van der Waals surface area (Å²) in [5, 5.41) is 0. The van der Waals surface area contributed by atoms with Crippen molar-refractivity contribution in [1.82, 2.24) is 0 Å². The molecule has 6 aliphatic rings. The number of allylic oxidation sites excluding steroid dienone is 4. The van der Waals surface area contributed by atoms with Gasteiger partial charge in [0.2, 0.25) is 23.6 Å². The van der Waals surface area contributed by atoms with Crippen molar-refractivity contribution in [3.05, 3.63) is 42.5 Å². The Kier molecular flexibility index (Phi) is 3.11. The molecule has 156 valence electrons. The van der Waals surface area contributed by atoms with Gasteiger partial charge in [-0.3, -0.25) is 19.2 Å². The lowest BCUT2D eigenvalue weighted by Gasteiger charge is -2.22. The molecule has 7 rings (SSSR count). The number of rotatable bonds is 2. The molecule has 2 N–H and O–H groups in total. The van der Waals surface area contributed by atoms with Gasteiger partial charge in [-0.2, -0.15) is 0 Å². The average Bonchev–Trinajstić information content (AvgIpc) is 3.55. The molecule has 0 aromatic heterocycles. The Labute approximate surface area is 178 Å². The Balaban J connectivity index is 1.27. The molecule has 2 aliphatic heterocycles. The molecule has 0 spiro atoms. The summed E-state index contributed by atoms with van der Waals surface area (Å²) < 4.78 is 0. The first kappa shape index (κ1) is 17.5. The fourth-order valence-electron chi connectivity index (χ4n) is 7.19. The van der Waals surface area contributed by atoms with Gasteiger partial charge in [-0.25, -0.2) is 9.80 Å². The highest BCUT2D eigenvalue weighted by atomic mass is 16.2. The summed E-state index contributed by atoms with van der Waals surface area (Å²) in [6.45, 7) is 0. The van der Waals surface area contributed by atoms with Crippen LogP contribution in [0.5, 0.6) is 0 Å². The topological polar surface area (TPSA) is 101 Å². The van der Waals surface area contributed by atoms with Crippen LogP contribution in [0.25, 0.3) is 0 Å². The van der Waals surface area contributed by atoms with E-state index in [-0.39, 0.29) is 71.0 Å². The van der Waals surface area contributed by atoms with Crippen LogP contribution in [0, 0.1) is 47.3 Å². The van der Waals surface area contributed by atoms with Gasteiger partial charge in [0.15, 0.2) is 0 Å². The third-order valence-corrected chi connectivity index (χ3v) is 8.38. The molecule has 4 aliphatic carbocycles. The number of hydrogen-bond acceptors (Lipinski definition) is 5. The van der Waals surface area contributed by atoms with Gasteiger partial charge in [0.1, 0.15) is 0 Å². The molecule has 4 bridgehead atoms. The van der Waals surface area contributed by atoms with Crippen LogP contribution in [0.4, 0.5) is 17.1 Å². The number of carbonyl (C=O) groups is 4. The summed E-state index contributed by atoms with van der Waals surface area (Å²) in [4.78, 5) is 55.2. The summed E-state index contributed by atoms with van der Waals surface area (Å²) >= 11 is 0. The van der Waals surface area contributed by atoms with Crippen LogP contribution < -0.4 is 15.5 Å². The minimum atomic E-state index is -0.316. The van der Waals surface area contributed by atoms with E-state index in [4.69, 9.17) is 5.73 Å². The molecular weight excluding hydrogens is 394 g/mol. The number of nitrogen functional groups attached to an aromatic ring is 1. The second-order valence-electron chi connectivity index (χ2n) is 9.81. The number of benzene rings is 1. The zero-order chi connectivity index (χ0) is 21.2. The lowest BCUT2D eigenvalue weighted by Crippen LogP contribution is -2.35. The lowest BCUT2D eigenvalue weighted by atomic mass is 9.85. The summed E-state index contributed by atoms with van der Waals surface area (Å²) in [5.41, 5.74) is 7.12. The Bertz CT molecular complexity index is 1020. The highest BCUT2D eigenvalue weighted by Gasteiger charge is 2.61. The molecule has 2 saturated carbocycles. The largest absolute Gasteiger partial charge is 0.399 e. The molecule has 1 aromatic carbocycles. The summed E-state index contributed by atoms with van der Waals surface area (Å²) in [6, 6.07) is 4.74. The number of nitrogens with two attached hydrogens (primary N) is 1.